The molecule has 1 aromatic heterocycles. The van der Waals surface area contributed by atoms with E-state index < -0.39 is 0 Å². The van der Waals surface area contributed by atoms with Crippen molar-refractivity contribution in [3.63, 3.8) is 0 Å². The van der Waals surface area contributed by atoms with Crippen LogP contribution in [0.2, 0.25) is 0 Å². The summed E-state index contributed by atoms with van der Waals surface area (Å²) < 4.78 is 0. The van der Waals surface area contributed by atoms with Gasteiger partial charge in [-0.25, -0.2) is 9.97 Å². The molecule has 60 valence electrons. The maximum Gasteiger partial charge on any atom is 0.188 e. The molecule has 0 atom stereocenters. The molecule has 2 N–H and O–H groups in total. The lowest BCUT2D eigenvalue weighted by Crippen LogP contribution is -1.85. The second kappa shape index (κ2) is 5.99. The minimum absolute atomic E-state index is 0.394. The van der Waals surface area contributed by atoms with Crippen molar-refractivity contribution in [2.45, 2.75) is 10.3 Å². The fraction of sp³-hybridized carbons (Fsp3) is 0. The zero-order chi connectivity index (χ0) is 8.69. The van der Waals surface area contributed by atoms with Gasteiger partial charge in [0.25, 0.3) is 0 Å². The quantitative estimate of drug-likeness (QED) is 0.520. The van der Waals surface area contributed by atoms with Crippen LogP contribution in [0.25, 0.3) is 0 Å². The Bertz CT molecular complexity index is 210. The predicted molar refractivity (Wildman–Crippen MR) is 48.7 cm³/mol. The van der Waals surface area contributed by atoms with E-state index in [0.29, 0.717) is 10.3 Å². The second-order valence-corrected chi connectivity index (χ2v) is 2.12. The van der Waals surface area contributed by atoms with Crippen LogP contribution in [0.4, 0.5) is 0 Å². The van der Waals surface area contributed by atoms with Crippen LogP contribution in [-0.4, -0.2) is 15.0 Å². The van der Waals surface area contributed by atoms with E-state index in [-0.39, 0.29) is 0 Å². The third kappa shape index (κ3) is 5.68. The number of hydrogen-bond acceptors (Lipinski definition) is 6. The van der Waals surface area contributed by atoms with Crippen LogP contribution < -0.4 is 5.73 Å². The van der Waals surface area contributed by atoms with Gasteiger partial charge in [0.2, 0.25) is 0 Å². The SMILES string of the molecule is C=CN.Sc1ncnc(S)n1. The first-order valence-electron chi connectivity index (χ1n) is 2.60. The second-order valence-electron chi connectivity index (χ2n) is 1.32. The minimum Gasteiger partial charge on any atom is -0.405 e. The molecule has 4 nitrogen and oxygen atoms in total. The smallest absolute Gasteiger partial charge is 0.188 e. The van der Waals surface area contributed by atoms with Gasteiger partial charge in [-0.05, 0) is 6.20 Å². The van der Waals surface area contributed by atoms with Gasteiger partial charge in [0.15, 0.2) is 10.3 Å². The van der Waals surface area contributed by atoms with Crippen molar-refractivity contribution in [3.05, 3.63) is 19.1 Å². The van der Waals surface area contributed by atoms with Crippen molar-refractivity contribution in [1.82, 2.24) is 15.0 Å². The van der Waals surface area contributed by atoms with Gasteiger partial charge in [0, 0.05) is 0 Å². The molecular formula is C5H8N4S2. The molecular weight excluding hydrogens is 180 g/mol. The highest BCUT2D eigenvalue weighted by molar-refractivity contribution is 7.80. The van der Waals surface area contributed by atoms with E-state index in [9.17, 15) is 0 Å². The summed E-state index contributed by atoms with van der Waals surface area (Å²) in [5.41, 5.74) is 4.61. The zero-order valence-corrected chi connectivity index (χ0v) is 7.46. The predicted octanol–water partition coefficient (Wildman–Crippen LogP) is 0.538. The molecule has 0 fully saturated rings. The third-order valence-electron chi connectivity index (χ3n) is 0.546. The van der Waals surface area contributed by atoms with Crippen molar-refractivity contribution in [3.8, 4) is 0 Å². The van der Waals surface area contributed by atoms with Crippen LogP contribution in [0.3, 0.4) is 0 Å². The molecule has 1 aromatic rings. The van der Waals surface area contributed by atoms with Crippen molar-refractivity contribution in [2.75, 3.05) is 0 Å². The Morgan fingerprint density at radius 1 is 1.36 bits per heavy atom. The van der Waals surface area contributed by atoms with Crippen LogP contribution >= 0.6 is 25.3 Å². The molecule has 0 amide bonds. The fourth-order valence-electron chi connectivity index (χ4n) is 0.279. The molecule has 6 heteroatoms. The maximum atomic E-state index is 4.61. The van der Waals surface area contributed by atoms with Gasteiger partial charge in [-0.2, -0.15) is 4.98 Å². The van der Waals surface area contributed by atoms with Crippen LogP contribution in [-0.2, 0) is 0 Å². The lowest BCUT2D eigenvalue weighted by Gasteiger charge is -1.86. The van der Waals surface area contributed by atoms with Crippen molar-refractivity contribution in [1.29, 1.82) is 0 Å². The molecule has 0 saturated heterocycles. The summed E-state index contributed by atoms with van der Waals surface area (Å²) in [5.74, 6) is 0. The molecule has 0 bridgehead atoms. The molecule has 11 heavy (non-hydrogen) atoms. The Hall–Kier alpha value is -0.750. The minimum atomic E-state index is 0.394. The van der Waals surface area contributed by atoms with E-state index in [1.165, 1.54) is 12.5 Å². The molecule has 1 heterocycles. The Kier molecular flexibility index (Phi) is 5.58. The fourth-order valence-corrected chi connectivity index (χ4v) is 0.651. The number of nitrogens with two attached hydrogens (primary N) is 1. The molecule has 0 saturated carbocycles. The lowest BCUT2D eigenvalue weighted by molar-refractivity contribution is 0.807. The summed E-state index contributed by atoms with van der Waals surface area (Å²) >= 11 is 7.69. The molecule has 0 unspecified atom stereocenters. The van der Waals surface area contributed by atoms with E-state index >= 15 is 0 Å². The Morgan fingerprint density at radius 3 is 1.91 bits per heavy atom. The van der Waals surface area contributed by atoms with Crippen LogP contribution in [0.15, 0.2) is 29.4 Å². The molecule has 0 radical (unpaired) electrons. The highest BCUT2D eigenvalue weighted by Gasteiger charge is 1.86. The van der Waals surface area contributed by atoms with Crippen molar-refractivity contribution < 1.29 is 0 Å². The third-order valence-corrected chi connectivity index (χ3v) is 0.977. The normalized spacial score (nSPS) is 7.82. The van der Waals surface area contributed by atoms with Crippen molar-refractivity contribution >= 4 is 25.3 Å². The van der Waals surface area contributed by atoms with Crippen LogP contribution in [0.1, 0.15) is 0 Å². The number of hydrogen-bond donors (Lipinski definition) is 3. The summed E-state index contributed by atoms with van der Waals surface area (Å²) in [6.07, 6.45) is 2.61. The van der Waals surface area contributed by atoms with Gasteiger partial charge in [0.05, 0.1) is 0 Å². The number of thiol groups is 2. The summed E-state index contributed by atoms with van der Waals surface area (Å²) in [6.45, 7) is 3.14. The number of aromatic nitrogens is 3. The van der Waals surface area contributed by atoms with Gasteiger partial charge in [0.1, 0.15) is 6.33 Å². The van der Waals surface area contributed by atoms with E-state index in [1.54, 1.807) is 0 Å². The molecule has 0 spiro atoms. The van der Waals surface area contributed by atoms with Crippen molar-refractivity contribution in [2.24, 2.45) is 5.73 Å². The molecule has 0 aliphatic rings. The van der Waals surface area contributed by atoms with E-state index in [1.807, 2.05) is 0 Å². The van der Waals surface area contributed by atoms with Crippen LogP contribution in [0.5, 0.6) is 0 Å². The Labute approximate surface area is 75.8 Å². The average molecular weight is 188 g/mol. The summed E-state index contributed by atoms with van der Waals surface area (Å²) in [6, 6.07) is 0. The highest BCUT2D eigenvalue weighted by atomic mass is 32.1. The van der Waals surface area contributed by atoms with Gasteiger partial charge in [-0.15, -0.1) is 25.3 Å². The number of nitrogens with zero attached hydrogens (tertiary/aromatic N) is 3. The van der Waals surface area contributed by atoms with Gasteiger partial charge in [-0.3, -0.25) is 0 Å². The topological polar surface area (TPSA) is 64.7 Å². The monoisotopic (exact) mass is 188 g/mol. The standard InChI is InChI=1S/C3H3N3S2.C2H5N/c7-2-4-1-5-3(8)6-2;1-2-3/h1H,(H2,4,5,6,7,8);2H,1,3H2. The maximum absolute atomic E-state index is 4.61. The van der Waals surface area contributed by atoms with Gasteiger partial charge < -0.3 is 5.73 Å². The van der Waals surface area contributed by atoms with Gasteiger partial charge in [-0.1, -0.05) is 6.58 Å². The van der Waals surface area contributed by atoms with E-state index in [2.05, 4.69) is 52.5 Å². The zero-order valence-electron chi connectivity index (χ0n) is 5.68. The first kappa shape index (κ1) is 10.2. The summed E-state index contributed by atoms with van der Waals surface area (Å²) in [4.78, 5) is 10.9. The molecule has 0 aliphatic heterocycles. The van der Waals surface area contributed by atoms with Crippen LogP contribution in [0, 0.1) is 0 Å². The first-order chi connectivity index (χ1) is 5.20. The molecule has 0 aliphatic carbocycles. The molecule has 0 aromatic carbocycles. The van der Waals surface area contributed by atoms with E-state index in [4.69, 9.17) is 0 Å². The summed E-state index contributed by atoms with van der Waals surface area (Å²) in [5, 5.41) is 0.787. The molecule has 1 rings (SSSR count). The first-order valence-corrected chi connectivity index (χ1v) is 3.49. The Balaban J connectivity index is 0.000000292. The van der Waals surface area contributed by atoms with E-state index in [0.717, 1.165) is 0 Å². The average Bonchev–Trinajstić information content (AvgIpc) is 1.88. The largest absolute Gasteiger partial charge is 0.405 e. The summed E-state index contributed by atoms with van der Waals surface area (Å²) in [7, 11) is 0. The number of rotatable bonds is 0. The lowest BCUT2D eigenvalue weighted by atomic mass is 11.1. The van der Waals surface area contributed by atoms with Gasteiger partial charge >= 0.3 is 0 Å². The Morgan fingerprint density at radius 2 is 1.73 bits per heavy atom. The highest BCUT2D eigenvalue weighted by Crippen LogP contribution is 1.97.